The monoisotopic (exact) mass is 410 g/mol. The first-order valence-electron chi connectivity index (χ1n) is 9.74. The van der Waals surface area contributed by atoms with Gasteiger partial charge in [-0.25, -0.2) is 18.4 Å². The highest BCUT2D eigenvalue weighted by molar-refractivity contribution is 7.90. The van der Waals surface area contributed by atoms with E-state index in [4.69, 9.17) is 5.73 Å². The lowest BCUT2D eigenvalue weighted by Gasteiger charge is -2.35. The van der Waals surface area contributed by atoms with Crippen LogP contribution in [0.4, 0.5) is 11.5 Å². The average Bonchev–Trinajstić information content (AvgIpc) is 3.60. The van der Waals surface area contributed by atoms with E-state index in [1.54, 1.807) is 16.7 Å². The van der Waals surface area contributed by atoms with E-state index < -0.39 is 10.0 Å². The van der Waals surface area contributed by atoms with Crippen LogP contribution in [-0.4, -0.2) is 59.1 Å². The Kier molecular flexibility index (Phi) is 4.36. The molecule has 3 heterocycles. The van der Waals surface area contributed by atoms with Gasteiger partial charge in [-0.15, -0.1) is 0 Å². The van der Waals surface area contributed by atoms with Gasteiger partial charge < -0.3 is 10.6 Å². The van der Waals surface area contributed by atoms with Crippen LogP contribution in [0.15, 0.2) is 42.7 Å². The van der Waals surface area contributed by atoms with Crippen molar-refractivity contribution in [3.8, 4) is 11.3 Å². The maximum Gasteiger partial charge on any atom is 0.217 e. The molecule has 2 fully saturated rings. The van der Waals surface area contributed by atoms with Crippen LogP contribution in [0.25, 0.3) is 22.3 Å². The fraction of sp³-hybridized carbons (Fsp3) is 0.350. The molecule has 1 saturated heterocycles. The summed E-state index contributed by atoms with van der Waals surface area (Å²) >= 11 is 0. The van der Waals surface area contributed by atoms with E-state index in [0.717, 1.165) is 29.8 Å². The molecule has 150 valence electrons. The van der Waals surface area contributed by atoms with Crippen LogP contribution in [0, 0.1) is 0 Å². The van der Waals surface area contributed by atoms with Gasteiger partial charge in [-0.2, -0.15) is 4.31 Å². The largest absolute Gasteiger partial charge is 0.382 e. The summed E-state index contributed by atoms with van der Waals surface area (Å²) in [5.41, 5.74) is 10.1. The Labute approximate surface area is 169 Å². The topological polar surface area (TPSA) is 105 Å². The number of benzene rings is 1. The number of piperazine rings is 1. The summed E-state index contributed by atoms with van der Waals surface area (Å²) in [6.07, 6.45) is 4.86. The molecule has 5 rings (SSSR count). The third kappa shape index (κ3) is 3.40. The number of hydrogen-bond acceptors (Lipinski definition) is 7. The number of aromatic nitrogens is 3. The van der Waals surface area contributed by atoms with E-state index in [9.17, 15) is 8.42 Å². The Morgan fingerprint density at radius 3 is 2.34 bits per heavy atom. The van der Waals surface area contributed by atoms with Crippen molar-refractivity contribution in [3.05, 3.63) is 42.7 Å². The third-order valence-corrected chi connectivity index (χ3v) is 7.95. The third-order valence-electron chi connectivity index (χ3n) is 5.56. The number of anilines is 2. The second kappa shape index (κ2) is 6.93. The Morgan fingerprint density at radius 2 is 1.66 bits per heavy atom. The Bertz CT molecular complexity index is 1150. The summed E-state index contributed by atoms with van der Waals surface area (Å²) in [6.45, 7) is 2.48. The van der Waals surface area contributed by atoms with Crippen LogP contribution in [0.3, 0.4) is 0 Å². The molecule has 1 aliphatic heterocycles. The number of sulfonamides is 1. The van der Waals surface area contributed by atoms with Gasteiger partial charge in [0.25, 0.3) is 0 Å². The van der Waals surface area contributed by atoms with E-state index >= 15 is 0 Å². The van der Waals surface area contributed by atoms with Gasteiger partial charge in [-0.3, -0.25) is 4.98 Å². The fourth-order valence-electron chi connectivity index (χ4n) is 3.76. The van der Waals surface area contributed by atoms with E-state index in [1.807, 2.05) is 30.3 Å². The van der Waals surface area contributed by atoms with Crippen molar-refractivity contribution in [2.24, 2.45) is 0 Å². The molecule has 0 radical (unpaired) electrons. The highest BCUT2D eigenvalue weighted by atomic mass is 32.2. The second-order valence-corrected chi connectivity index (χ2v) is 9.71. The predicted octanol–water partition coefficient (Wildman–Crippen LogP) is 1.89. The van der Waals surface area contributed by atoms with E-state index in [0.29, 0.717) is 43.0 Å². The Balaban J connectivity index is 1.32. The zero-order valence-corrected chi connectivity index (χ0v) is 16.7. The molecule has 0 amide bonds. The molecule has 0 unspecified atom stereocenters. The summed E-state index contributed by atoms with van der Waals surface area (Å²) in [6, 6.07) is 9.98. The van der Waals surface area contributed by atoms with Gasteiger partial charge in [0.15, 0.2) is 5.82 Å². The Morgan fingerprint density at radius 1 is 0.966 bits per heavy atom. The van der Waals surface area contributed by atoms with Crippen LogP contribution in [0.5, 0.6) is 0 Å². The van der Waals surface area contributed by atoms with Gasteiger partial charge in [0, 0.05) is 49.8 Å². The van der Waals surface area contributed by atoms with Crippen molar-refractivity contribution in [2.75, 3.05) is 36.8 Å². The highest BCUT2D eigenvalue weighted by Crippen LogP contribution is 2.32. The van der Waals surface area contributed by atoms with Crippen molar-refractivity contribution in [3.63, 3.8) is 0 Å². The zero-order chi connectivity index (χ0) is 20.0. The van der Waals surface area contributed by atoms with Crippen LogP contribution < -0.4 is 10.6 Å². The molecule has 2 N–H and O–H groups in total. The SMILES string of the molecule is Nc1nc(-c2ccc(N3CCN(S(=O)(=O)C4CC4)CC3)cc2)cc2nccnc12. The second-order valence-electron chi connectivity index (χ2n) is 7.49. The molecule has 2 aromatic heterocycles. The summed E-state index contributed by atoms with van der Waals surface area (Å²) in [7, 11) is -3.08. The lowest BCUT2D eigenvalue weighted by atomic mass is 10.1. The average molecular weight is 411 g/mol. The fourth-order valence-corrected chi connectivity index (χ4v) is 5.59. The van der Waals surface area contributed by atoms with Crippen LogP contribution in [-0.2, 0) is 10.0 Å². The number of hydrogen-bond donors (Lipinski definition) is 1. The molecule has 8 nitrogen and oxygen atoms in total. The molecule has 3 aromatic rings. The quantitative estimate of drug-likeness (QED) is 0.700. The number of nitrogens with two attached hydrogens (primary N) is 1. The molecule has 2 aliphatic rings. The number of rotatable bonds is 4. The van der Waals surface area contributed by atoms with Gasteiger partial charge in [0.2, 0.25) is 10.0 Å². The minimum Gasteiger partial charge on any atom is -0.382 e. The van der Waals surface area contributed by atoms with Crippen LogP contribution >= 0.6 is 0 Å². The molecule has 1 aromatic carbocycles. The van der Waals surface area contributed by atoms with Crippen LogP contribution in [0.2, 0.25) is 0 Å². The van der Waals surface area contributed by atoms with E-state index in [-0.39, 0.29) is 5.25 Å². The zero-order valence-electron chi connectivity index (χ0n) is 15.9. The van der Waals surface area contributed by atoms with E-state index in [2.05, 4.69) is 19.9 Å². The normalized spacial score (nSPS) is 18.3. The lowest BCUT2D eigenvalue weighted by molar-refractivity contribution is 0.384. The highest BCUT2D eigenvalue weighted by Gasteiger charge is 2.40. The number of pyridine rings is 1. The summed E-state index contributed by atoms with van der Waals surface area (Å²) in [4.78, 5) is 15.2. The molecular weight excluding hydrogens is 388 g/mol. The molecule has 0 spiro atoms. The van der Waals surface area contributed by atoms with Crippen molar-refractivity contribution >= 4 is 32.6 Å². The first-order valence-corrected chi connectivity index (χ1v) is 11.2. The van der Waals surface area contributed by atoms with Crippen molar-refractivity contribution in [1.29, 1.82) is 0 Å². The van der Waals surface area contributed by atoms with Gasteiger partial charge in [0.1, 0.15) is 5.52 Å². The molecular formula is C20H22N6O2S. The van der Waals surface area contributed by atoms with Gasteiger partial charge in [-0.05, 0) is 31.0 Å². The lowest BCUT2D eigenvalue weighted by Crippen LogP contribution is -2.49. The number of nitrogen functional groups attached to an aromatic ring is 1. The van der Waals surface area contributed by atoms with Gasteiger partial charge in [-0.1, -0.05) is 12.1 Å². The standard InChI is InChI=1S/C20H22N6O2S/c21-20-19-18(22-7-8-23-19)13-17(24-20)14-1-3-15(4-2-14)25-9-11-26(12-10-25)29(27,28)16-5-6-16/h1-4,7-8,13,16H,5-6,9-12H2,(H2,21,24). The summed E-state index contributed by atoms with van der Waals surface area (Å²) < 4.78 is 26.4. The van der Waals surface area contributed by atoms with E-state index in [1.165, 1.54) is 0 Å². The Hall–Kier alpha value is -2.78. The molecule has 29 heavy (non-hydrogen) atoms. The number of nitrogens with zero attached hydrogens (tertiary/aromatic N) is 5. The minimum atomic E-state index is -3.08. The molecule has 1 saturated carbocycles. The summed E-state index contributed by atoms with van der Waals surface area (Å²) in [5, 5.41) is -0.139. The summed E-state index contributed by atoms with van der Waals surface area (Å²) in [5.74, 6) is 0.364. The van der Waals surface area contributed by atoms with Crippen molar-refractivity contribution in [1.82, 2.24) is 19.3 Å². The number of fused-ring (bicyclic) bond motifs is 1. The van der Waals surface area contributed by atoms with Gasteiger partial charge >= 0.3 is 0 Å². The predicted molar refractivity (Wildman–Crippen MR) is 113 cm³/mol. The maximum absolute atomic E-state index is 12.4. The first kappa shape index (κ1) is 18.3. The molecule has 1 aliphatic carbocycles. The van der Waals surface area contributed by atoms with Gasteiger partial charge in [0.05, 0.1) is 16.5 Å². The molecule has 0 bridgehead atoms. The smallest absolute Gasteiger partial charge is 0.217 e. The van der Waals surface area contributed by atoms with Crippen LogP contribution in [0.1, 0.15) is 12.8 Å². The minimum absolute atomic E-state index is 0.139. The maximum atomic E-state index is 12.4. The van der Waals surface area contributed by atoms with Crippen molar-refractivity contribution < 1.29 is 8.42 Å². The molecule has 0 atom stereocenters. The van der Waals surface area contributed by atoms with Crippen molar-refractivity contribution in [2.45, 2.75) is 18.1 Å². The first-order chi connectivity index (χ1) is 14.0. The molecule has 9 heteroatoms.